The van der Waals surface area contributed by atoms with E-state index in [0.29, 0.717) is 5.92 Å². The van der Waals surface area contributed by atoms with Crippen LogP contribution in [0.5, 0.6) is 0 Å². The van der Waals surface area contributed by atoms with Crippen molar-refractivity contribution in [2.45, 2.75) is 84.0 Å². The highest BCUT2D eigenvalue weighted by atomic mass is 19.2. The predicted octanol–water partition coefficient (Wildman–Crippen LogP) is 7.05. The van der Waals surface area contributed by atoms with Crippen LogP contribution in [0.3, 0.4) is 0 Å². The molecule has 0 saturated heterocycles. The molecule has 23 heavy (non-hydrogen) atoms. The average Bonchev–Trinajstić information content (AvgIpc) is 2.54. The lowest BCUT2D eigenvalue weighted by atomic mass is 9.76. The third-order valence-corrected chi connectivity index (χ3v) is 5.35. The molecule has 0 unspecified atom stereocenters. The first-order valence-corrected chi connectivity index (χ1v) is 9.18. The molecule has 1 aliphatic rings. The Morgan fingerprint density at radius 2 is 1.57 bits per heavy atom. The number of rotatable bonds is 7. The highest BCUT2D eigenvalue weighted by Crippen LogP contribution is 2.40. The molecule has 0 aliphatic heterocycles. The lowest BCUT2D eigenvalue weighted by Crippen LogP contribution is -2.16. The summed E-state index contributed by atoms with van der Waals surface area (Å²) in [6.45, 7) is 3.62. The monoisotopic (exact) mass is 326 g/mol. The van der Waals surface area contributed by atoms with Crippen LogP contribution in [0.2, 0.25) is 0 Å². The second-order valence-electron chi connectivity index (χ2n) is 7.14. The van der Waals surface area contributed by atoms with Gasteiger partial charge in [-0.2, -0.15) is 0 Å². The van der Waals surface area contributed by atoms with E-state index >= 15 is 0 Å². The van der Waals surface area contributed by atoms with Gasteiger partial charge in [0.25, 0.3) is 0 Å². The van der Waals surface area contributed by atoms with Crippen LogP contribution in [0.1, 0.15) is 88.2 Å². The van der Waals surface area contributed by atoms with Crippen molar-refractivity contribution in [2.24, 2.45) is 5.92 Å². The van der Waals surface area contributed by atoms with Crippen LogP contribution >= 0.6 is 0 Å². The molecule has 1 aromatic carbocycles. The molecule has 3 heteroatoms. The summed E-state index contributed by atoms with van der Waals surface area (Å²) >= 11 is 0. The van der Waals surface area contributed by atoms with Gasteiger partial charge < -0.3 is 0 Å². The number of unbranched alkanes of at least 4 members (excludes halogenated alkanes) is 4. The molecular weight excluding hydrogens is 297 g/mol. The molecule has 0 nitrogen and oxygen atoms in total. The van der Waals surface area contributed by atoms with E-state index in [1.807, 2.05) is 0 Å². The van der Waals surface area contributed by atoms with E-state index in [1.165, 1.54) is 45.4 Å². The Morgan fingerprint density at radius 3 is 2.22 bits per heavy atom. The molecule has 0 amide bonds. The van der Waals surface area contributed by atoms with E-state index < -0.39 is 17.5 Å². The summed E-state index contributed by atoms with van der Waals surface area (Å²) in [5.74, 6) is -1.93. The second kappa shape index (κ2) is 8.75. The van der Waals surface area contributed by atoms with Gasteiger partial charge in [0, 0.05) is 5.56 Å². The largest absolute Gasteiger partial charge is 0.207 e. The van der Waals surface area contributed by atoms with Crippen LogP contribution in [0.4, 0.5) is 13.2 Å². The number of aryl methyl sites for hydroxylation is 1. The first-order chi connectivity index (χ1) is 11.0. The van der Waals surface area contributed by atoms with E-state index in [2.05, 4.69) is 6.92 Å². The standard InChI is InChI=1S/C20H29F3/c1-3-4-5-6-7-8-15-9-11-16(12-10-15)18-17(21)13-14(2)19(22)20(18)23/h13,15-16H,3-12H2,1-2H3. The lowest BCUT2D eigenvalue weighted by Gasteiger charge is -2.29. The quantitative estimate of drug-likeness (QED) is 0.372. The number of halogens is 3. The Morgan fingerprint density at radius 1 is 0.913 bits per heavy atom. The zero-order valence-electron chi connectivity index (χ0n) is 14.4. The minimum atomic E-state index is -0.967. The first kappa shape index (κ1) is 18.4. The maximum Gasteiger partial charge on any atom is 0.165 e. The van der Waals surface area contributed by atoms with Crippen molar-refractivity contribution in [3.8, 4) is 0 Å². The number of hydrogen-bond donors (Lipinski definition) is 0. The van der Waals surface area contributed by atoms with Gasteiger partial charge in [-0.05, 0) is 56.1 Å². The van der Waals surface area contributed by atoms with E-state index in [4.69, 9.17) is 0 Å². The summed E-state index contributed by atoms with van der Waals surface area (Å²) in [5.41, 5.74) is 0.0269. The van der Waals surface area contributed by atoms with Gasteiger partial charge >= 0.3 is 0 Å². The smallest absolute Gasteiger partial charge is 0.165 e. The highest BCUT2D eigenvalue weighted by molar-refractivity contribution is 5.30. The van der Waals surface area contributed by atoms with Crippen LogP contribution in [-0.4, -0.2) is 0 Å². The molecule has 1 fully saturated rings. The molecule has 0 atom stereocenters. The van der Waals surface area contributed by atoms with Crippen molar-refractivity contribution in [3.05, 3.63) is 34.6 Å². The minimum Gasteiger partial charge on any atom is -0.207 e. The Bertz CT molecular complexity index is 502. The second-order valence-corrected chi connectivity index (χ2v) is 7.14. The fraction of sp³-hybridized carbons (Fsp3) is 0.700. The summed E-state index contributed by atoms with van der Waals surface area (Å²) in [6, 6.07) is 1.13. The average molecular weight is 326 g/mol. The maximum atomic E-state index is 14.1. The molecule has 0 N–H and O–H groups in total. The van der Waals surface area contributed by atoms with E-state index in [9.17, 15) is 13.2 Å². The van der Waals surface area contributed by atoms with Gasteiger partial charge in [-0.15, -0.1) is 0 Å². The highest BCUT2D eigenvalue weighted by Gasteiger charge is 2.28. The van der Waals surface area contributed by atoms with Gasteiger partial charge in [0.2, 0.25) is 0 Å². The van der Waals surface area contributed by atoms with Gasteiger partial charge in [-0.3, -0.25) is 0 Å². The summed E-state index contributed by atoms with van der Waals surface area (Å²) in [7, 11) is 0. The third kappa shape index (κ3) is 4.74. The molecular formula is C20H29F3. The van der Waals surface area contributed by atoms with Crippen LogP contribution in [0.15, 0.2) is 6.07 Å². The summed E-state index contributed by atoms with van der Waals surface area (Å²) in [5, 5.41) is 0. The third-order valence-electron chi connectivity index (χ3n) is 5.35. The SMILES string of the molecule is CCCCCCCC1CCC(c2c(F)cc(C)c(F)c2F)CC1. The van der Waals surface area contributed by atoms with Crippen LogP contribution < -0.4 is 0 Å². The lowest BCUT2D eigenvalue weighted by molar-refractivity contribution is 0.292. The molecule has 2 rings (SSSR count). The molecule has 0 bridgehead atoms. The van der Waals surface area contributed by atoms with Crippen LogP contribution in [0.25, 0.3) is 0 Å². The fourth-order valence-corrected chi connectivity index (χ4v) is 3.88. The Labute approximate surface area is 138 Å². The maximum absolute atomic E-state index is 14.1. The molecule has 0 spiro atoms. The van der Waals surface area contributed by atoms with E-state index in [0.717, 1.165) is 31.7 Å². The summed E-state index contributed by atoms with van der Waals surface area (Å²) in [4.78, 5) is 0. The van der Waals surface area contributed by atoms with E-state index in [-0.39, 0.29) is 17.0 Å². The molecule has 1 aliphatic carbocycles. The van der Waals surface area contributed by atoms with Gasteiger partial charge in [-0.1, -0.05) is 45.4 Å². The molecule has 0 aromatic heterocycles. The number of hydrogen-bond acceptors (Lipinski definition) is 0. The Kier molecular flexibility index (Phi) is 6.98. The van der Waals surface area contributed by atoms with Gasteiger partial charge in [-0.25, -0.2) is 13.2 Å². The minimum absolute atomic E-state index is 0.0190. The van der Waals surface area contributed by atoms with Crippen molar-refractivity contribution in [1.29, 1.82) is 0 Å². The Hall–Kier alpha value is -0.990. The van der Waals surface area contributed by atoms with Gasteiger partial charge in [0.1, 0.15) is 5.82 Å². The van der Waals surface area contributed by atoms with E-state index in [1.54, 1.807) is 0 Å². The molecule has 130 valence electrons. The van der Waals surface area contributed by atoms with Crippen molar-refractivity contribution in [1.82, 2.24) is 0 Å². The van der Waals surface area contributed by atoms with Crippen molar-refractivity contribution >= 4 is 0 Å². The zero-order valence-corrected chi connectivity index (χ0v) is 14.4. The summed E-state index contributed by atoms with van der Waals surface area (Å²) in [6.07, 6.45) is 11.2. The predicted molar refractivity (Wildman–Crippen MR) is 89.1 cm³/mol. The van der Waals surface area contributed by atoms with Crippen molar-refractivity contribution in [2.75, 3.05) is 0 Å². The van der Waals surface area contributed by atoms with Crippen LogP contribution in [-0.2, 0) is 0 Å². The summed E-state index contributed by atoms with van der Waals surface area (Å²) < 4.78 is 41.9. The van der Waals surface area contributed by atoms with Gasteiger partial charge in [0.15, 0.2) is 11.6 Å². The topological polar surface area (TPSA) is 0 Å². The number of benzene rings is 1. The zero-order chi connectivity index (χ0) is 16.8. The first-order valence-electron chi connectivity index (χ1n) is 9.18. The Balaban J connectivity index is 1.86. The molecule has 0 heterocycles. The molecule has 1 aromatic rings. The van der Waals surface area contributed by atoms with Crippen molar-refractivity contribution in [3.63, 3.8) is 0 Å². The van der Waals surface area contributed by atoms with Crippen molar-refractivity contribution < 1.29 is 13.2 Å². The molecule has 1 saturated carbocycles. The molecule has 0 radical (unpaired) electrons. The fourth-order valence-electron chi connectivity index (χ4n) is 3.88. The van der Waals surface area contributed by atoms with Crippen LogP contribution in [0, 0.1) is 30.3 Å². The van der Waals surface area contributed by atoms with Gasteiger partial charge in [0.05, 0.1) is 0 Å². The normalized spacial score (nSPS) is 21.6.